The molecule has 0 saturated heterocycles. The third-order valence-electron chi connectivity index (χ3n) is 2.71. The molecule has 0 N–H and O–H groups in total. The summed E-state index contributed by atoms with van der Waals surface area (Å²) < 4.78 is 1.42. The summed E-state index contributed by atoms with van der Waals surface area (Å²) in [6.07, 6.45) is 10.0. The Labute approximate surface area is 154 Å². The zero-order chi connectivity index (χ0) is 13.3. The molecule has 3 heteroatoms. The molecule has 0 saturated carbocycles. The first kappa shape index (κ1) is 20.3. The zero-order valence-corrected chi connectivity index (χ0v) is 15.4. The monoisotopic (exact) mass is 391 g/mol. The van der Waals surface area contributed by atoms with E-state index in [1.807, 2.05) is 12.2 Å². The van der Waals surface area contributed by atoms with Gasteiger partial charge < -0.3 is 24.8 Å². The average molecular weight is 393 g/mol. The number of benzene rings is 2. The van der Waals surface area contributed by atoms with Crippen LogP contribution in [0.25, 0.3) is 0 Å². The fraction of sp³-hybridized carbons (Fsp3) is 0.0556. The summed E-state index contributed by atoms with van der Waals surface area (Å²) in [4.78, 5) is 0. The van der Waals surface area contributed by atoms with Crippen LogP contribution in [0.5, 0.6) is 0 Å². The first-order chi connectivity index (χ1) is 9.38. The van der Waals surface area contributed by atoms with Crippen LogP contribution < -0.4 is 24.8 Å². The molecule has 2 aromatic rings. The quantitative estimate of drug-likeness (QED) is 0.524. The van der Waals surface area contributed by atoms with Gasteiger partial charge >= 0.3 is 99.2 Å². The number of allylic oxidation sites excluding steroid dienone is 4. The van der Waals surface area contributed by atoms with E-state index < -0.39 is 0 Å². The summed E-state index contributed by atoms with van der Waals surface area (Å²) in [7, 11) is 0. The molecule has 0 bridgehead atoms. The summed E-state index contributed by atoms with van der Waals surface area (Å²) in [5, 5.41) is 0. The zero-order valence-electron chi connectivity index (χ0n) is 11.5. The van der Waals surface area contributed by atoms with Crippen LogP contribution in [0, 0.1) is 6.08 Å². The van der Waals surface area contributed by atoms with Crippen molar-refractivity contribution in [3.63, 3.8) is 0 Å². The van der Waals surface area contributed by atoms with Crippen LogP contribution in [-0.2, 0) is 24.2 Å². The van der Waals surface area contributed by atoms with Gasteiger partial charge in [0.1, 0.15) is 0 Å². The van der Waals surface area contributed by atoms with Crippen LogP contribution in [0.1, 0.15) is 17.5 Å². The van der Waals surface area contributed by atoms with Gasteiger partial charge in [-0.25, -0.2) is 12.2 Å². The minimum absolute atomic E-state index is 0. The van der Waals surface area contributed by atoms with Gasteiger partial charge in [-0.2, -0.15) is 6.08 Å². The molecule has 0 amide bonds. The number of halogens is 2. The van der Waals surface area contributed by atoms with Gasteiger partial charge in [0.25, 0.3) is 0 Å². The molecule has 0 aliphatic heterocycles. The predicted octanol–water partition coefficient (Wildman–Crippen LogP) is -1.88. The fourth-order valence-corrected chi connectivity index (χ4v) is 2.54. The number of rotatable bonds is 2. The Morgan fingerprint density at radius 1 is 0.810 bits per heavy atom. The van der Waals surface area contributed by atoms with Gasteiger partial charge in [-0.1, -0.05) is 0 Å². The van der Waals surface area contributed by atoms with Crippen molar-refractivity contribution in [3.05, 3.63) is 96.1 Å². The van der Waals surface area contributed by atoms with Crippen LogP contribution in [0.15, 0.2) is 78.9 Å². The Morgan fingerprint density at radius 3 is 1.57 bits per heavy atom. The Morgan fingerprint density at radius 2 is 1.29 bits per heavy atom. The van der Waals surface area contributed by atoms with Gasteiger partial charge in [0.05, 0.1) is 0 Å². The predicted molar refractivity (Wildman–Crippen MR) is 77.7 cm³/mol. The Hall–Kier alpha value is -0.747. The summed E-state index contributed by atoms with van der Waals surface area (Å²) in [5.41, 5.74) is 2.66. The second kappa shape index (κ2) is 11.9. The van der Waals surface area contributed by atoms with Crippen molar-refractivity contribution in [1.29, 1.82) is 0 Å². The van der Waals surface area contributed by atoms with E-state index in [2.05, 4.69) is 72.8 Å². The molecule has 0 spiro atoms. The van der Waals surface area contributed by atoms with E-state index in [1.54, 1.807) is 0 Å². The molecule has 3 rings (SSSR count). The maximum atomic E-state index is 2.99. The molecule has 0 heterocycles. The molecule has 0 fully saturated rings. The maximum absolute atomic E-state index is 2.99. The Kier molecular flexibility index (Phi) is 11.4. The van der Waals surface area contributed by atoms with Gasteiger partial charge in [0.2, 0.25) is 0 Å². The normalized spacial score (nSPS) is 10.8. The van der Waals surface area contributed by atoms with Gasteiger partial charge in [0.15, 0.2) is 0 Å². The SMILES string of the molecule is [C-]1=CC=CC1.[Cl-].[Cl-].[Zr+2]=[C](c1ccccc1)c1ccccc1. The van der Waals surface area contributed by atoms with E-state index in [4.69, 9.17) is 0 Å². The average Bonchev–Trinajstić information content (AvgIpc) is 3.08. The molecular formula is C18H15Cl2Zr-. The van der Waals surface area contributed by atoms with Crippen molar-refractivity contribution < 1.29 is 49.0 Å². The van der Waals surface area contributed by atoms with Crippen LogP contribution in [-0.4, -0.2) is 3.21 Å². The van der Waals surface area contributed by atoms with Gasteiger partial charge in [-0.3, -0.25) is 6.08 Å². The van der Waals surface area contributed by atoms with Crippen molar-refractivity contribution in [3.8, 4) is 0 Å². The molecule has 106 valence electrons. The van der Waals surface area contributed by atoms with Crippen LogP contribution in [0.4, 0.5) is 0 Å². The molecule has 1 aliphatic rings. The van der Waals surface area contributed by atoms with Crippen LogP contribution in [0.2, 0.25) is 0 Å². The van der Waals surface area contributed by atoms with E-state index in [0.717, 1.165) is 6.42 Å². The number of hydrogen-bond donors (Lipinski definition) is 0. The van der Waals surface area contributed by atoms with E-state index in [-0.39, 0.29) is 24.8 Å². The molecule has 0 aromatic heterocycles. The van der Waals surface area contributed by atoms with Gasteiger partial charge in [-0.05, 0) is 0 Å². The summed E-state index contributed by atoms with van der Waals surface area (Å²) >= 11 is 1.46. The molecule has 21 heavy (non-hydrogen) atoms. The van der Waals surface area contributed by atoms with E-state index in [0.29, 0.717) is 0 Å². The third-order valence-corrected chi connectivity index (χ3v) is 4.13. The van der Waals surface area contributed by atoms with Crippen molar-refractivity contribution in [2.45, 2.75) is 6.42 Å². The first-order valence-electron chi connectivity index (χ1n) is 6.29. The molecule has 0 radical (unpaired) electrons. The molecule has 1 aliphatic carbocycles. The standard InChI is InChI=1S/C13H10.C5H5.2ClH.Zr/c1-3-7-12(8-4-1)11-13-9-5-2-6-10-13;1-2-4-5-3-1;;;/h1-10H;1-3H,4H2;2*1H;/q;-1;;;+2/p-2. The first-order valence-corrected chi connectivity index (χ1v) is 7.52. The minimum atomic E-state index is 0. The Balaban J connectivity index is 0.000000491. The van der Waals surface area contributed by atoms with Crippen molar-refractivity contribution >= 4 is 3.21 Å². The molecule has 0 atom stereocenters. The molecule has 0 nitrogen and oxygen atoms in total. The third kappa shape index (κ3) is 7.18. The molecular weight excluding hydrogens is 378 g/mol. The van der Waals surface area contributed by atoms with Crippen molar-refractivity contribution in [2.24, 2.45) is 0 Å². The van der Waals surface area contributed by atoms with Crippen LogP contribution >= 0.6 is 0 Å². The van der Waals surface area contributed by atoms with E-state index in [1.165, 1.54) is 38.6 Å². The Bertz CT molecular complexity index is 523. The van der Waals surface area contributed by atoms with E-state index in [9.17, 15) is 0 Å². The van der Waals surface area contributed by atoms with Crippen molar-refractivity contribution in [1.82, 2.24) is 0 Å². The molecule has 2 aromatic carbocycles. The topological polar surface area (TPSA) is 0 Å². The summed E-state index contributed by atoms with van der Waals surface area (Å²) in [6, 6.07) is 21.1. The second-order valence-corrected chi connectivity index (χ2v) is 5.34. The second-order valence-electron chi connectivity index (χ2n) is 4.11. The van der Waals surface area contributed by atoms with Gasteiger partial charge in [-0.15, -0.1) is 6.42 Å². The van der Waals surface area contributed by atoms with E-state index >= 15 is 0 Å². The number of hydrogen-bond acceptors (Lipinski definition) is 0. The van der Waals surface area contributed by atoms with Crippen molar-refractivity contribution in [2.75, 3.05) is 0 Å². The fourth-order valence-electron chi connectivity index (χ4n) is 1.72. The van der Waals surface area contributed by atoms with Gasteiger partial charge in [0, 0.05) is 0 Å². The molecule has 0 unspecified atom stereocenters. The van der Waals surface area contributed by atoms with Crippen LogP contribution in [0.3, 0.4) is 0 Å². The summed E-state index contributed by atoms with van der Waals surface area (Å²) in [6.45, 7) is 0. The summed E-state index contributed by atoms with van der Waals surface area (Å²) in [5.74, 6) is 0.